The molecule has 0 unspecified atom stereocenters. The number of hydrogen-bond acceptors (Lipinski definition) is 4. The van der Waals surface area contributed by atoms with Crippen LogP contribution in [0.1, 0.15) is 21.5 Å². The van der Waals surface area contributed by atoms with Gasteiger partial charge < -0.3 is 16.8 Å². The fourth-order valence-electron chi connectivity index (χ4n) is 1.98. The maximum atomic E-state index is 11.2. The number of aryl methyl sites for hydroxylation is 1. The first kappa shape index (κ1) is 13.9. The summed E-state index contributed by atoms with van der Waals surface area (Å²) in [5, 5.41) is 3.16. The quantitative estimate of drug-likeness (QED) is 0.771. The molecule has 0 radical (unpaired) electrons. The normalized spacial score (nSPS) is 10.2. The first-order valence-electron chi connectivity index (χ1n) is 6.41. The molecule has 2 rings (SSSR count). The Hall–Kier alpha value is -2.56. The molecule has 5 heteroatoms. The average molecular weight is 270 g/mol. The van der Waals surface area contributed by atoms with Gasteiger partial charge in [-0.05, 0) is 25.0 Å². The Balaban J connectivity index is 1.97. The van der Waals surface area contributed by atoms with Gasteiger partial charge in [-0.3, -0.25) is 4.79 Å². The zero-order chi connectivity index (χ0) is 14.5. The van der Waals surface area contributed by atoms with Crippen LogP contribution in [0.15, 0.2) is 36.5 Å². The van der Waals surface area contributed by atoms with Gasteiger partial charge in [0.15, 0.2) is 0 Å². The molecule has 0 spiro atoms. The molecule has 0 fully saturated rings. The summed E-state index contributed by atoms with van der Waals surface area (Å²) in [5.41, 5.74) is 14.0. The lowest BCUT2D eigenvalue weighted by Gasteiger charge is -2.08. The maximum Gasteiger partial charge on any atom is 0.250 e. The molecule has 1 aromatic carbocycles. The van der Waals surface area contributed by atoms with Crippen molar-refractivity contribution in [3.05, 3.63) is 53.2 Å². The number of hydrogen-bond donors (Lipinski definition) is 3. The molecule has 0 bridgehead atoms. The second-order valence-electron chi connectivity index (χ2n) is 4.69. The first-order valence-corrected chi connectivity index (χ1v) is 6.41. The van der Waals surface area contributed by atoms with Crippen LogP contribution in [0, 0.1) is 6.92 Å². The van der Waals surface area contributed by atoms with Crippen molar-refractivity contribution in [2.45, 2.75) is 13.3 Å². The van der Waals surface area contributed by atoms with E-state index in [1.165, 1.54) is 17.3 Å². The molecule has 20 heavy (non-hydrogen) atoms. The number of nitrogen functional groups attached to an aromatic ring is 1. The van der Waals surface area contributed by atoms with Crippen LogP contribution in [0.5, 0.6) is 0 Å². The van der Waals surface area contributed by atoms with Crippen molar-refractivity contribution < 1.29 is 4.79 Å². The third kappa shape index (κ3) is 3.47. The summed E-state index contributed by atoms with van der Waals surface area (Å²) < 4.78 is 0. The number of carbonyl (C=O) groups excluding carboxylic acids is 1. The molecule has 2 aromatic rings. The summed E-state index contributed by atoms with van der Waals surface area (Å²) in [5.74, 6) is 0.0484. The lowest BCUT2D eigenvalue weighted by Crippen LogP contribution is -2.15. The van der Waals surface area contributed by atoms with Gasteiger partial charge in [-0.15, -0.1) is 0 Å². The number of nitrogens with one attached hydrogen (secondary N) is 1. The van der Waals surface area contributed by atoms with E-state index in [2.05, 4.69) is 35.4 Å². The van der Waals surface area contributed by atoms with Crippen molar-refractivity contribution in [3.63, 3.8) is 0 Å². The van der Waals surface area contributed by atoms with Gasteiger partial charge in [0.05, 0.1) is 17.4 Å². The number of nitrogens with two attached hydrogens (primary N) is 2. The van der Waals surface area contributed by atoms with Gasteiger partial charge in [0, 0.05) is 6.54 Å². The zero-order valence-corrected chi connectivity index (χ0v) is 11.4. The van der Waals surface area contributed by atoms with Gasteiger partial charge >= 0.3 is 0 Å². The Bertz CT molecular complexity index is 625. The fraction of sp³-hybridized carbons (Fsp3) is 0.200. The Morgan fingerprint density at radius 3 is 2.85 bits per heavy atom. The lowest BCUT2D eigenvalue weighted by molar-refractivity contribution is 0.100. The number of benzene rings is 1. The van der Waals surface area contributed by atoms with Gasteiger partial charge in [0.1, 0.15) is 5.82 Å². The van der Waals surface area contributed by atoms with E-state index in [0.717, 1.165) is 13.0 Å². The Labute approximate surface area is 118 Å². The predicted octanol–water partition coefficient (Wildman–Crippen LogP) is 1.73. The van der Waals surface area contributed by atoms with Gasteiger partial charge in [0.25, 0.3) is 5.91 Å². The van der Waals surface area contributed by atoms with Crippen LogP contribution in [-0.4, -0.2) is 17.4 Å². The van der Waals surface area contributed by atoms with Gasteiger partial charge in [-0.25, -0.2) is 4.98 Å². The first-order chi connectivity index (χ1) is 9.56. The van der Waals surface area contributed by atoms with E-state index in [1.54, 1.807) is 6.07 Å². The zero-order valence-electron chi connectivity index (χ0n) is 11.4. The summed E-state index contributed by atoms with van der Waals surface area (Å²) in [6.07, 6.45) is 2.31. The van der Waals surface area contributed by atoms with Crippen molar-refractivity contribution >= 4 is 17.4 Å². The SMILES string of the molecule is Cc1cccc(CCNc2cc(C(N)=O)c(N)cn2)c1. The molecule has 1 aromatic heterocycles. The minimum absolute atomic E-state index is 0.290. The number of pyridine rings is 1. The molecule has 1 heterocycles. The summed E-state index contributed by atoms with van der Waals surface area (Å²) in [6, 6.07) is 9.91. The van der Waals surface area contributed by atoms with E-state index in [0.29, 0.717) is 11.5 Å². The third-order valence-electron chi connectivity index (χ3n) is 3.00. The molecule has 0 saturated carbocycles. The molecule has 5 nitrogen and oxygen atoms in total. The van der Waals surface area contributed by atoms with E-state index in [-0.39, 0.29) is 5.56 Å². The molecule has 0 aliphatic carbocycles. The molecule has 0 aliphatic heterocycles. The highest BCUT2D eigenvalue weighted by Crippen LogP contribution is 2.14. The van der Waals surface area contributed by atoms with Crippen molar-refractivity contribution in [1.29, 1.82) is 0 Å². The highest BCUT2D eigenvalue weighted by molar-refractivity contribution is 5.98. The van der Waals surface area contributed by atoms with E-state index in [9.17, 15) is 4.79 Å². The van der Waals surface area contributed by atoms with Gasteiger partial charge in [0.2, 0.25) is 0 Å². The maximum absolute atomic E-state index is 11.2. The molecule has 1 amide bonds. The minimum atomic E-state index is -0.549. The standard InChI is InChI=1S/C15H18N4O/c1-10-3-2-4-11(7-10)5-6-18-14-8-12(15(17)20)13(16)9-19-14/h2-4,7-9H,5-6,16H2,1H3,(H2,17,20)(H,18,19). The molecular weight excluding hydrogens is 252 g/mol. The van der Waals surface area contributed by atoms with Crippen molar-refractivity contribution in [1.82, 2.24) is 4.98 Å². The average Bonchev–Trinajstić information content (AvgIpc) is 2.40. The van der Waals surface area contributed by atoms with Crippen LogP contribution in [0.25, 0.3) is 0 Å². The molecule has 104 valence electrons. The number of carbonyl (C=O) groups is 1. The van der Waals surface area contributed by atoms with Gasteiger partial charge in [-0.2, -0.15) is 0 Å². The molecule has 5 N–H and O–H groups in total. The van der Waals surface area contributed by atoms with Crippen molar-refractivity contribution in [2.75, 3.05) is 17.6 Å². The molecular formula is C15H18N4O. The van der Waals surface area contributed by atoms with Crippen LogP contribution in [0.3, 0.4) is 0 Å². The Kier molecular flexibility index (Phi) is 4.20. The summed E-state index contributed by atoms with van der Waals surface area (Å²) >= 11 is 0. The number of anilines is 2. The highest BCUT2D eigenvalue weighted by Gasteiger charge is 2.07. The smallest absolute Gasteiger partial charge is 0.250 e. The highest BCUT2D eigenvalue weighted by atomic mass is 16.1. The molecule has 0 atom stereocenters. The Morgan fingerprint density at radius 1 is 1.35 bits per heavy atom. The molecule has 0 saturated heterocycles. The number of amides is 1. The van der Waals surface area contributed by atoms with Crippen molar-refractivity contribution in [2.24, 2.45) is 5.73 Å². The molecule has 0 aliphatic rings. The summed E-state index contributed by atoms with van der Waals surface area (Å²) in [6.45, 7) is 2.79. The lowest BCUT2D eigenvalue weighted by atomic mass is 10.1. The minimum Gasteiger partial charge on any atom is -0.397 e. The largest absolute Gasteiger partial charge is 0.397 e. The number of primary amides is 1. The van der Waals surface area contributed by atoms with Crippen LogP contribution in [0.4, 0.5) is 11.5 Å². The fourth-order valence-corrected chi connectivity index (χ4v) is 1.98. The second-order valence-corrected chi connectivity index (χ2v) is 4.69. The van der Waals surface area contributed by atoms with E-state index < -0.39 is 5.91 Å². The number of rotatable bonds is 5. The summed E-state index contributed by atoms with van der Waals surface area (Å²) in [7, 11) is 0. The monoisotopic (exact) mass is 270 g/mol. The van der Waals surface area contributed by atoms with Crippen LogP contribution in [0.2, 0.25) is 0 Å². The van der Waals surface area contributed by atoms with Gasteiger partial charge in [-0.1, -0.05) is 29.8 Å². The number of nitrogens with zero attached hydrogens (tertiary/aromatic N) is 1. The van der Waals surface area contributed by atoms with Crippen LogP contribution < -0.4 is 16.8 Å². The van der Waals surface area contributed by atoms with Crippen molar-refractivity contribution in [3.8, 4) is 0 Å². The topological polar surface area (TPSA) is 94.0 Å². The van der Waals surface area contributed by atoms with E-state index in [4.69, 9.17) is 11.5 Å². The number of aromatic nitrogens is 1. The van der Waals surface area contributed by atoms with Crippen LogP contribution >= 0.6 is 0 Å². The predicted molar refractivity (Wildman–Crippen MR) is 80.5 cm³/mol. The third-order valence-corrected chi connectivity index (χ3v) is 3.00. The van der Waals surface area contributed by atoms with E-state index >= 15 is 0 Å². The van der Waals surface area contributed by atoms with Crippen LogP contribution in [-0.2, 0) is 6.42 Å². The Morgan fingerprint density at radius 2 is 2.15 bits per heavy atom. The summed E-state index contributed by atoms with van der Waals surface area (Å²) in [4.78, 5) is 15.3. The second kappa shape index (κ2) is 6.06. The van der Waals surface area contributed by atoms with E-state index in [1.807, 2.05) is 6.07 Å².